The molecule has 17 heavy (non-hydrogen) atoms. The Kier molecular flexibility index (Phi) is 6.55. The van der Waals surface area contributed by atoms with E-state index in [4.69, 9.17) is 16.2 Å². The van der Waals surface area contributed by atoms with E-state index >= 15 is 0 Å². The fourth-order valence-corrected chi connectivity index (χ4v) is 2.14. The van der Waals surface area contributed by atoms with Crippen LogP contribution in [0.15, 0.2) is 22.7 Å². The van der Waals surface area contributed by atoms with Gasteiger partial charge in [0.2, 0.25) is 0 Å². The number of hydrogen-bond donors (Lipinski definition) is 2. The third-order valence-electron chi connectivity index (χ3n) is 2.64. The predicted octanol–water partition coefficient (Wildman–Crippen LogP) is 2.98. The summed E-state index contributed by atoms with van der Waals surface area (Å²) < 4.78 is 6.63. The van der Waals surface area contributed by atoms with E-state index in [0.29, 0.717) is 6.61 Å². The molecular weight excluding hydrogens is 280 g/mol. The normalized spacial score (nSPS) is 12.5. The molecule has 0 saturated carbocycles. The smallest absolute Gasteiger partial charge is 0.124 e. The maximum atomic E-state index is 6.19. The molecule has 1 rings (SSSR count). The fourth-order valence-electron chi connectivity index (χ4n) is 1.76. The van der Waals surface area contributed by atoms with Crippen molar-refractivity contribution in [3.8, 4) is 5.75 Å². The van der Waals surface area contributed by atoms with Crippen molar-refractivity contribution in [3.63, 3.8) is 0 Å². The molecule has 96 valence electrons. The lowest BCUT2D eigenvalue weighted by atomic mass is 10.0. The van der Waals surface area contributed by atoms with E-state index in [1.165, 1.54) is 0 Å². The molecule has 4 N–H and O–H groups in total. The van der Waals surface area contributed by atoms with E-state index in [-0.39, 0.29) is 6.04 Å². The average Bonchev–Trinajstić information content (AvgIpc) is 2.32. The summed E-state index contributed by atoms with van der Waals surface area (Å²) in [5.74, 6) is 0.885. The summed E-state index contributed by atoms with van der Waals surface area (Å²) in [6, 6.07) is 5.99. The van der Waals surface area contributed by atoms with Crippen molar-refractivity contribution in [3.05, 3.63) is 28.2 Å². The molecule has 0 spiro atoms. The first-order valence-electron chi connectivity index (χ1n) is 6.07. The highest BCUT2D eigenvalue weighted by molar-refractivity contribution is 9.10. The number of hydrogen-bond acceptors (Lipinski definition) is 3. The lowest BCUT2D eigenvalue weighted by molar-refractivity contribution is 0.333. The van der Waals surface area contributed by atoms with Crippen molar-refractivity contribution >= 4 is 15.9 Å². The van der Waals surface area contributed by atoms with Crippen molar-refractivity contribution in [2.24, 2.45) is 11.5 Å². The third-order valence-corrected chi connectivity index (χ3v) is 3.13. The lowest BCUT2D eigenvalue weighted by Gasteiger charge is -2.16. The SMILES string of the molecule is CCOc1ccc(Br)cc1[C@H](N)CCCCN. The number of benzene rings is 1. The van der Waals surface area contributed by atoms with Crippen LogP contribution in [0.4, 0.5) is 0 Å². The number of halogens is 1. The lowest BCUT2D eigenvalue weighted by Crippen LogP contribution is -2.13. The first-order valence-corrected chi connectivity index (χ1v) is 6.86. The molecule has 0 aliphatic heterocycles. The van der Waals surface area contributed by atoms with Crippen LogP contribution in [0.5, 0.6) is 5.75 Å². The van der Waals surface area contributed by atoms with Gasteiger partial charge in [-0.25, -0.2) is 0 Å². The summed E-state index contributed by atoms with van der Waals surface area (Å²) in [6.07, 6.45) is 3.01. The minimum atomic E-state index is 0.0144. The zero-order valence-electron chi connectivity index (χ0n) is 10.3. The summed E-state index contributed by atoms with van der Waals surface area (Å²) in [6.45, 7) is 3.36. The van der Waals surface area contributed by atoms with Gasteiger partial charge in [0.15, 0.2) is 0 Å². The topological polar surface area (TPSA) is 61.3 Å². The van der Waals surface area contributed by atoms with Gasteiger partial charge in [0.1, 0.15) is 5.75 Å². The van der Waals surface area contributed by atoms with Crippen LogP contribution in [0.1, 0.15) is 37.8 Å². The molecule has 3 nitrogen and oxygen atoms in total. The van der Waals surface area contributed by atoms with Gasteiger partial charge in [-0.3, -0.25) is 0 Å². The Morgan fingerprint density at radius 3 is 2.76 bits per heavy atom. The molecule has 1 aromatic carbocycles. The Morgan fingerprint density at radius 2 is 2.12 bits per heavy atom. The van der Waals surface area contributed by atoms with Crippen molar-refractivity contribution in [2.75, 3.05) is 13.2 Å². The fraction of sp³-hybridized carbons (Fsp3) is 0.538. The Hall–Kier alpha value is -0.580. The molecule has 1 aromatic rings. The van der Waals surface area contributed by atoms with Gasteiger partial charge in [-0.2, -0.15) is 0 Å². The molecule has 4 heteroatoms. The van der Waals surface area contributed by atoms with Crippen LogP contribution in [0.25, 0.3) is 0 Å². The number of ether oxygens (including phenoxy) is 1. The summed E-state index contributed by atoms with van der Waals surface area (Å²) in [5.41, 5.74) is 12.7. The maximum absolute atomic E-state index is 6.19. The molecular formula is C13H21BrN2O. The molecule has 0 aromatic heterocycles. The van der Waals surface area contributed by atoms with Crippen LogP contribution in [-0.2, 0) is 0 Å². The van der Waals surface area contributed by atoms with Crippen LogP contribution in [-0.4, -0.2) is 13.2 Å². The molecule has 0 unspecified atom stereocenters. The highest BCUT2D eigenvalue weighted by atomic mass is 79.9. The quantitative estimate of drug-likeness (QED) is 0.761. The van der Waals surface area contributed by atoms with E-state index in [9.17, 15) is 0 Å². The van der Waals surface area contributed by atoms with E-state index < -0.39 is 0 Å². The molecule has 0 fully saturated rings. The van der Waals surface area contributed by atoms with E-state index in [1.54, 1.807) is 0 Å². The van der Waals surface area contributed by atoms with Gasteiger partial charge < -0.3 is 16.2 Å². The summed E-state index contributed by atoms with van der Waals surface area (Å²) in [4.78, 5) is 0. The van der Waals surface area contributed by atoms with Gasteiger partial charge in [-0.1, -0.05) is 22.4 Å². The minimum absolute atomic E-state index is 0.0144. The Bertz CT molecular complexity index is 344. The second-order valence-corrected chi connectivity index (χ2v) is 4.92. The van der Waals surface area contributed by atoms with Gasteiger partial charge in [0.05, 0.1) is 6.61 Å². The van der Waals surface area contributed by atoms with E-state index in [1.807, 2.05) is 25.1 Å². The van der Waals surface area contributed by atoms with Crippen molar-refractivity contribution in [1.29, 1.82) is 0 Å². The van der Waals surface area contributed by atoms with E-state index in [0.717, 1.165) is 41.6 Å². The maximum Gasteiger partial charge on any atom is 0.124 e. The highest BCUT2D eigenvalue weighted by Gasteiger charge is 2.12. The molecule has 0 radical (unpaired) electrons. The van der Waals surface area contributed by atoms with Gasteiger partial charge in [0.25, 0.3) is 0 Å². The molecule has 0 bridgehead atoms. The van der Waals surface area contributed by atoms with Gasteiger partial charge in [-0.05, 0) is 44.5 Å². The zero-order chi connectivity index (χ0) is 12.7. The number of unbranched alkanes of at least 4 members (excludes halogenated alkanes) is 1. The summed E-state index contributed by atoms with van der Waals surface area (Å²) in [5, 5.41) is 0. The summed E-state index contributed by atoms with van der Waals surface area (Å²) >= 11 is 3.47. The van der Waals surface area contributed by atoms with Crippen molar-refractivity contribution in [1.82, 2.24) is 0 Å². The van der Waals surface area contributed by atoms with Gasteiger partial charge in [0, 0.05) is 16.1 Å². The van der Waals surface area contributed by atoms with Crippen LogP contribution in [0.3, 0.4) is 0 Å². The predicted molar refractivity (Wildman–Crippen MR) is 75.1 cm³/mol. The second kappa shape index (κ2) is 7.69. The first-order chi connectivity index (χ1) is 8.19. The second-order valence-electron chi connectivity index (χ2n) is 4.01. The third kappa shape index (κ3) is 4.66. The molecule has 0 aliphatic carbocycles. The monoisotopic (exact) mass is 300 g/mol. The average molecular weight is 301 g/mol. The van der Waals surface area contributed by atoms with Gasteiger partial charge >= 0.3 is 0 Å². The Labute approximate surface area is 112 Å². The highest BCUT2D eigenvalue weighted by Crippen LogP contribution is 2.29. The van der Waals surface area contributed by atoms with Crippen LogP contribution in [0.2, 0.25) is 0 Å². The molecule has 0 saturated heterocycles. The molecule has 0 aliphatic rings. The molecule has 1 atom stereocenters. The van der Waals surface area contributed by atoms with Crippen LogP contribution >= 0.6 is 15.9 Å². The largest absolute Gasteiger partial charge is 0.494 e. The van der Waals surface area contributed by atoms with Crippen LogP contribution < -0.4 is 16.2 Å². The Morgan fingerprint density at radius 1 is 1.35 bits per heavy atom. The Balaban J connectivity index is 2.74. The first kappa shape index (κ1) is 14.5. The zero-order valence-corrected chi connectivity index (χ0v) is 11.9. The van der Waals surface area contributed by atoms with E-state index in [2.05, 4.69) is 15.9 Å². The molecule has 0 amide bonds. The molecule has 0 heterocycles. The van der Waals surface area contributed by atoms with Crippen molar-refractivity contribution in [2.45, 2.75) is 32.2 Å². The number of nitrogens with two attached hydrogens (primary N) is 2. The minimum Gasteiger partial charge on any atom is -0.494 e. The number of rotatable bonds is 7. The standard InChI is InChI=1S/C13H21BrN2O/c1-2-17-13-7-6-10(14)9-11(13)12(16)5-3-4-8-15/h6-7,9,12H,2-5,8,15-16H2,1H3/t12-/m1/s1. The van der Waals surface area contributed by atoms with Crippen LogP contribution in [0, 0.1) is 0 Å². The summed E-state index contributed by atoms with van der Waals surface area (Å²) in [7, 11) is 0. The van der Waals surface area contributed by atoms with Crippen molar-refractivity contribution < 1.29 is 4.74 Å². The van der Waals surface area contributed by atoms with Gasteiger partial charge in [-0.15, -0.1) is 0 Å².